The minimum atomic E-state index is 0.707. The SMILES string of the molecule is CCN1CCCC1CN(C)Cc1c(N)cccc1Br. The van der Waals surface area contributed by atoms with Gasteiger partial charge in [0.2, 0.25) is 0 Å². The van der Waals surface area contributed by atoms with Crippen LogP contribution in [0.2, 0.25) is 0 Å². The average Bonchev–Trinajstić information content (AvgIpc) is 2.81. The highest BCUT2D eigenvalue weighted by molar-refractivity contribution is 9.10. The summed E-state index contributed by atoms with van der Waals surface area (Å²) in [5.74, 6) is 0. The third-order valence-corrected chi connectivity index (χ3v) is 4.75. The van der Waals surface area contributed by atoms with Crippen LogP contribution in [0.15, 0.2) is 22.7 Å². The van der Waals surface area contributed by atoms with E-state index in [0.29, 0.717) is 6.04 Å². The molecular weight excluding hydrogens is 302 g/mol. The van der Waals surface area contributed by atoms with Crippen molar-refractivity contribution in [1.82, 2.24) is 9.80 Å². The van der Waals surface area contributed by atoms with Gasteiger partial charge in [-0.25, -0.2) is 0 Å². The Morgan fingerprint density at radius 1 is 1.47 bits per heavy atom. The molecule has 1 aromatic carbocycles. The molecule has 1 saturated heterocycles. The minimum Gasteiger partial charge on any atom is -0.398 e. The van der Waals surface area contributed by atoms with E-state index in [-0.39, 0.29) is 0 Å². The smallest absolute Gasteiger partial charge is 0.0371 e. The van der Waals surface area contributed by atoms with Crippen LogP contribution in [0.1, 0.15) is 25.3 Å². The lowest BCUT2D eigenvalue weighted by atomic mass is 10.1. The van der Waals surface area contributed by atoms with Crippen LogP contribution in [0.5, 0.6) is 0 Å². The fourth-order valence-corrected chi connectivity index (χ4v) is 3.46. The van der Waals surface area contributed by atoms with Crippen LogP contribution < -0.4 is 5.73 Å². The Morgan fingerprint density at radius 2 is 2.26 bits per heavy atom. The third-order valence-electron chi connectivity index (χ3n) is 4.01. The Kier molecular flexibility index (Phi) is 5.25. The maximum absolute atomic E-state index is 6.06. The molecule has 1 fully saturated rings. The molecule has 4 heteroatoms. The minimum absolute atomic E-state index is 0.707. The van der Waals surface area contributed by atoms with Crippen molar-refractivity contribution < 1.29 is 0 Å². The van der Waals surface area contributed by atoms with E-state index in [4.69, 9.17) is 5.73 Å². The van der Waals surface area contributed by atoms with E-state index in [9.17, 15) is 0 Å². The average molecular weight is 326 g/mol. The van der Waals surface area contributed by atoms with Gasteiger partial charge in [-0.3, -0.25) is 4.90 Å². The molecule has 0 saturated carbocycles. The van der Waals surface area contributed by atoms with Crippen LogP contribution in [0.25, 0.3) is 0 Å². The fourth-order valence-electron chi connectivity index (χ4n) is 2.95. The van der Waals surface area contributed by atoms with Gasteiger partial charge in [0.15, 0.2) is 0 Å². The summed E-state index contributed by atoms with van der Waals surface area (Å²) >= 11 is 3.60. The zero-order chi connectivity index (χ0) is 13.8. The first-order valence-electron chi connectivity index (χ1n) is 7.07. The first-order valence-corrected chi connectivity index (χ1v) is 7.86. The zero-order valence-electron chi connectivity index (χ0n) is 11.9. The third kappa shape index (κ3) is 3.71. The van der Waals surface area contributed by atoms with Crippen molar-refractivity contribution in [2.24, 2.45) is 0 Å². The summed E-state index contributed by atoms with van der Waals surface area (Å²) in [6.07, 6.45) is 2.66. The Hall–Kier alpha value is -0.580. The first kappa shape index (κ1) is 14.8. The number of anilines is 1. The van der Waals surface area contributed by atoms with Crippen molar-refractivity contribution in [3.8, 4) is 0 Å². The molecule has 1 atom stereocenters. The van der Waals surface area contributed by atoms with Gasteiger partial charge in [-0.15, -0.1) is 0 Å². The summed E-state index contributed by atoms with van der Waals surface area (Å²) < 4.78 is 1.11. The van der Waals surface area contributed by atoms with E-state index < -0.39 is 0 Å². The van der Waals surface area contributed by atoms with Gasteiger partial charge in [0.25, 0.3) is 0 Å². The summed E-state index contributed by atoms with van der Waals surface area (Å²) in [7, 11) is 2.19. The van der Waals surface area contributed by atoms with Crippen molar-refractivity contribution in [2.45, 2.75) is 32.4 Å². The number of halogens is 1. The van der Waals surface area contributed by atoms with Crippen molar-refractivity contribution >= 4 is 21.6 Å². The predicted octanol–water partition coefficient (Wildman–Crippen LogP) is 2.95. The highest BCUT2D eigenvalue weighted by atomic mass is 79.9. The van der Waals surface area contributed by atoms with E-state index in [2.05, 4.69) is 45.8 Å². The molecule has 1 heterocycles. The number of likely N-dealkylation sites (N-methyl/N-ethyl adjacent to an activating group) is 2. The largest absolute Gasteiger partial charge is 0.398 e. The van der Waals surface area contributed by atoms with Crippen molar-refractivity contribution in [3.05, 3.63) is 28.2 Å². The molecule has 1 aliphatic rings. The molecule has 0 amide bonds. The molecule has 0 radical (unpaired) electrons. The summed E-state index contributed by atoms with van der Waals surface area (Å²) in [4.78, 5) is 4.97. The molecule has 1 aromatic rings. The van der Waals surface area contributed by atoms with Gasteiger partial charge in [-0.1, -0.05) is 28.9 Å². The molecule has 0 aromatic heterocycles. The number of nitrogens with zero attached hydrogens (tertiary/aromatic N) is 2. The molecule has 0 spiro atoms. The second-order valence-corrected chi connectivity index (χ2v) is 6.28. The summed E-state index contributed by atoms with van der Waals surface area (Å²) in [5.41, 5.74) is 8.14. The van der Waals surface area contributed by atoms with Gasteiger partial charge in [-0.05, 0) is 45.1 Å². The van der Waals surface area contributed by atoms with E-state index in [0.717, 1.165) is 29.8 Å². The van der Waals surface area contributed by atoms with Crippen LogP contribution in [-0.2, 0) is 6.54 Å². The van der Waals surface area contributed by atoms with Gasteiger partial charge in [0.1, 0.15) is 0 Å². The Bertz CT molecular complexity index is 402. The molecule has 19 heavy (non-hydrogen) atoms. The molecule has 2 rings (SSSR count). The van der Waals surface area contributed by atoms with Gasteiger partial charge in [0, 0.05) is 34.9 Å². The number of hydrogen-bond donors (Lipinski definition) is 1. The Balaban J connectivity index is 1.96. The molecule has 106 valence electrons. The van der Waals surface area contributed by atoms with E-state index in [1.165, 1.54) is 24.9 Å². The van der Waals surface area contributed by atoms with Crippen molar-refractivity contribution in [1.29, 1.82) is 0 Å². The molecule has 1 aliphatic heterocycles. The van der Waals surface area contributed by atoms with Crippen LogP contribution in [-0.4, -0.2) is 42.5 Å². The fraction of sp³-hybridized carbons (Fsp3) is 0.600. The topological polar surface area (TPSA) is 32.5 Å². The zero-order valence-corrected chi connectivity index (χ0v) is 13.5. The highest BCUT2D eigenvalue weighted by Crippen LogP contribution is 2.24. The van der Waals surface area contributed by atoms with E-state index >= 15 is 0 Å². The molecule has 0 bridgehead atoms. The number of nitrogens with two attached hydrogens (primary N) is 1. The van der Waals surface area contributed by atoms with Crippen molar-refractivity contribution in [3.63, 3.8) is 0 Å². The predicted molar refractivity (Wildman–Crippen MR) is 85.2 cm³/mol. The molecular formula is C15H24BrN3. The first-order chi connectivity index (χ1) is 9.11. The summed E-state index contributed by atoms with van der Waals surface area (Å²) in [5, 5.41) is 0. The summed E-state index contributed by atoms with van der Waals surface area (Å²) in [6.45, 7) is 6.70. The van der Waals surface area contributed by atoms with Gasteiger partial charge < -0.3 is 10.6 Å². The van der Waals surface area contributed by atoms with Gasteiger partial charge in [-0.2, -0.15) is 0 Å². The standard InChI is InChI=1S/C15H24BrN3/c1-3-19-9-5-6-12(19)10-18(2)11-13-14(16)7-4-8-15(13)17/h4,7-8,12H,3,5-6,9-11,17H2,1-2H3. The molecule has 0 aliphatic carbocycles. The lowest BCUT2D eigenvalue weighted by Gasteiger charge is -2.28. The van der Waals surface area contributed by atoms with Crippen LogP contribution in [0, 0.1) is 0 Å². The highest BCUT2D eigenvalue weighted by Gasteiger charge is 2.24. The van der Waals surface area contributed by atoms with Crippen LogP contribution in [0.4, 0.5) is 5.69 Å². The monoisotopic (exact) mass is 325 g/mol. The Labute approximate surface area is 124 Å². The number of rotatable bonds is 5. The van der Waals surface area contributed by atoms with Crippen molar-refractivity contribution in [2.75, 3.05) is 32.4 Å². The Morgan fingerprint density at radius 3 is 2.95 bits per heavy atom. The number of likely N-dealkylation sites (tertiary alicyclic amines) is 1. The summed E-state index contributed by atoms with van der Waals surface area (Å²) in [6, 6.07) is 6.73. The van der Waals surface area contributed by atoms with Crippen LogP contribution in [0.3, 0.4) is 0 Å². The van der Waals surface area contributed by atoms with Crippen LogP contribution >= 0.6 is 15.9 Å². The normalized spacial score (nSPS) is 20.3. The maximum atomic E-state index is 6.06. The number of benzene rings is 1. The van der Waals surface area contributed by atoms with Gasteiger partial charge in [0.05, 0.1) is 0 Å². The second kappa shape index (κ2) is 6.73. The van der Waals surface area contributed by atoms with E-state index in [1.54, 1.807) is 0 Å². The number of hydrogen-bond acceptors (Lipinski definition) is 3. The van der Waals surface area contributed by atoms with E-state index in [1.807, 2.05) is 12.1 Å². The van der Waals surface area contributed by atoms with Gasteiger partial charge >= 0.3 is 0 Å². The second-order valence-electron chi connectivity index (χ2n) is 5.43. The quantitative estimate of drug-likeness (QED) is 0.845. The molecule has 3 nitrogen and oxygen atoms in total. The number of nitrogen functional groups attached to an aromatic ring is 1. The molecule has 1 unspecified atom stereocenters. The lowest BCUT2D eigenvalue weighted by molar-refractivity contribution is 0.195. The lowest BCUT2D eigenvalue weighted by Crippen LogP contribution is -2.38. The maximum Gasteiger partial charge on any atom is 0.0371 e. The molecule has 2 N–H and O–H groups in total.